The molecule has 2 amide bonds. The number of methoxy groups -OCH3 is 2. The number of rotatable bonds is 8. The van der Waals surface area contributed by atoms with Crippen LogP contribution in [0.2, 0.25) is 0 Å². The van der Waals surface area contributed by atoms with Crippen molar-refractivity contribution in [1.29, 1.82) is 0 Å². The van der Waals surface area contributed by atoms with Gasteiger partial charge in [0.05, 0.1) is 20.3 Å². The van der Waals surface area contributed by atoms with Crippen molar-refractivity contribution in [3.63, 3.8) is 0 Å². The first kappa shape index (κ1) is 28.1. The SMILES string of the molecule is COc1ccc(OC)c(S(=O)(=O)N[C@@H]2C[C@H](CNC(=O)Oc3ccccc3)N(C(=O)OC(C)(C)C)C2)c1. The van der Waals surface area contributed by atoms with Crippen molar-refractivity contribution in [3.05, 3.63) is 48.5 Å². The molecule has 1 aliphatic rings. The molecule has 0 radical (unpaired) electrons. The zero-order valence-electron chi connectivity index (χ0n) is 21.5. The first-order chi connectivity index (χ1) is 17.4. The number of hydrogen-bond acceptors (Lipinski definition) is 8. The van der Waals surface area contributed by atoms with E-state index in [1.54, 1.807) is 57.2 Å². The highest BCUT2D eigenvalue weighted by atomic mass is 32.2. The topological polar surface area (TPSA) is 132 Å². The Morgan fingerprint density at radius 2 is 1.73 bits per heavy atom. The molecule has 1 aliphatic heterocycles. The van der Waals surface area contributed by atoms with Crippen LogP contribution in [0.3, 0.4) is 0 Å². The summed E-state index contributed by atoms with van der Waals surface area (Å²) >= 11 is 0. The lowest BCUT2D eigenvalue weighted by molar-refractivity contribution is 0.0224. The first-order valence-corrected chi connectivity index (χ1v) is 13.1. The molecular weight excluding hydrogens is 502 g/mol. The number of nitrogens with one attached hydrogen (secondary N) is 2. The molecule has 2 atom stereocenters. The highest BCUT2D eigenvalue weighted by molar-refractivity contribution is 7.89. The number of para-hydroxylation sites is 1. The number of carbonyl (C=O) groups is 2. The highest BCUT2D eigenvalue weighted by Crippen LogP contribution is 2.29. The summed E-state index contributed by atoms with van der Waals surface area (Å²) in [5.74, 6) is 0.868. The molecule has 2 aromatic rings. The van der Waals surface area contributed by atoms with E-state index in [0.29, 0.717) is 11.5 Å². The van der Waals surface area contributed by atoms with Crippen LogP contribution in [0, 0.1) is 0 Å². The molecule has 1 heterocycles. The molecule has 11 nitrogen and oxygen atoms in total. The minimum absolute atomic E-state index is 0.0334. The number of hydrogen-bond donors (Lipinski definition) is 2. The van der Waals surface area contributed by atoms with Gasteiger partial charge in [-0.05, 0) is 51.5 Å². The number of nitrogens with zero attached hydrogens (tertiary/aromatic N) is 1. The van der Waals surface area contributed by atoms with Gasteiger partial charge in [-0.3, -0.25) is 0 Å². The highest BCUT2D eigenvalue weighted by Gasteiger charge is 2.40. The Bertz CT molecular complexity index is 1200. The van der Waals surface area contributed by atoms with Gasteiger partial charge in [0.15, 0.2) is 0 Å². The normalized spacial score (nSPS) is 17.7. The van der Waals surface area contributed by atoms with Crippen molar-refractivity contribution in [1.82, 2.24) is 14.9 Å². The van der Waals surface area contributed by atoms with E-state index < -0.39 is 39.9 Å². The fraction of sp³-hybridized carbons (Fsp3) is 0.440. The largest absolute Gasteiger partial charge is 0.497 e. The van der Waals surface area contributed by atoms with Crippen LogP contribution in [0.15, 0.2) is 53.4 Å². The number of likely N-dealkylation sites (tertiary alicyclic amines) is 1. The summed E-state index contributed by atoms with van der Waals surface area (Å²) in [6, 6.07) is 11.8. The lowest BCUT2D eigenvalue weighted by Gasteiger charge is -2.28. The average molecular weight is 536 g/mol. The molecule has 3 rings (SSSR count). The first-order valence-electron chi connectivity index (χ1n) is 11.7. The third kappa shape index (κ3) is 7.73. The molecule has 0 bridgehead atoms. The summed E-state index contributed by atoms with van der Waals surface area (Å²) in [4.78, 5) is 26.5. The van der Waals surface area contributed by atoms with Crippen molar-refractivity contribution in [2.45, 2.75) is 49.8 Å². The van der Waals surface area contributed by atoms with E-state index in [1.165, 1.54) is 31.3 Å². The summed E-state index contributed by atoms with van der Waals surface area (Å²) in [5, 5.41) is 2.64. The molecule has 2 aromatic carbocycles. The van der Waals surface area contributed by atoms with Gasteiger partial charge in [0.1, 0.15) is 27.7 Å². The van der Waals surface area contributed by atoms with E-state index in [9.17, 15) is 18.0 Å². The average Bonchev–Trinajstić information content (AvgIpc) is 3.24. The zero-order valence-corrected chi connectivity index (χ0v) is 22.3. The van der Waals surface area contributed by atoms with Crippen molar-refractivity contribution in [2.24, 2.45) is 0 Å². The summed E-state index contributed by atoms with van der Waals surface area (Å²) in [6.45, 7) is 5.29. The Morgan fingerprint density at radius 3 is 2.35 bits per heavy atom. The van der Waals surface area contributed by atoms with E-state index >= 15 is 0 Å². The molecule has 12 heteroatoms. The van der Waals surface area contributed by atoms with Gasteiger partial charge in [0, 0.05) is 25.2 Å². The minimum Gasteiger partial charge on any atom is -0.497 e. The van der Waals surface area contributed by atoms with Gasteiger partial charge in [0.25, 0.3) is 0 Å². The lowest BCUT2D eigenvalue weighted by Crippen LogP contribution is -2.46. The molecule has 2 N–H and O–H groups in total. The molecule has 0 unspecified atom stereocenters. The second-order valence-corrected chi connectivity index (χ2v) is 11.1. The van der Waals surface area contributed by atoms with Gasteiger partial charge in [0.2, 0.25) is 10.0 Å². The molecule has 37 heavy (non-hydrogen) atoms. The van der Waals surface area contributed by atoms with Crippen LogP contribution >= 0.6 is 0 Å². The number of ether oxygens (including phenoxy) is 4. The number of benzene rings is 2. The van der Waals surface area contributed by atoms with Gasteiger partial charge >= 0.3 is 12.2 Å². The van der Waals surface area contributed by atoms with Crippen molar-refractivity contribution < 1.29 is 37.0 Å². The molecule has 1 saturated heterocycles. The molecule has 0 aromatic heterocycles. The van der Waals surface area contributed by atoms with Crippen LogP contribution in [0.4, 0.5) is 9.59 Å². The van der Waals surface area contributed by atoms with Crippen LogP contribution < -0.4 is 24.2 Å². The third-order valence-electron chi connectivity index (χ3n) is 5.46. The maximum absolute atomic E-state index is 13.2. The van der Waals surface area contributed by atoms with Gasteiger partial charge < -0.3 is 29.2 Å². The Morgan fingerprint density at radius 1 is 1.03 bits per heavy atom. The molecule has 202 valence electrons. The standard InChI is InChI=1S/C25H33N3O8S/c1-25(2,3)36-24(30)28-16-17(13-18(28)15-26-23(29)35-19-9-7-6-8-10-19)27-37(31,32)22-14-20(33-4)11-12-21(22)34-5/h6-12,14,17-18,27H,13,15-16H2,1-5H3,(H,26,29)/t17-,18-/m1/s1. The fourth-order valence-electron chi connectivity index (χ4n) is 3.85. The number of amides is 2. The third-order valence-corrected chi connectivity index (χ3v) is 7.00. The maximum atomic E-state index is 13.2. The van der Waals surface area contributed by atoms with Crippen LogP contribution in [0.5, 0.6) is 17.2 Å². The van der Waals surface area contributed by atoms with Crippen LogP contribution in [-0.4, -0.2) is 70.5 Å². The van der Waals surface area contributed by atoms with Crippen LogP contribution in [-0.2, 0) is 14.8 Å². The minimum atomic E-state index is -4.04. The van der Waals surface area contributed by atoms with E-state index in [1.807, 2.05) is 0 Å². The quantitative estimate of drug-likeness (QED) is 0.527. The van der Waals surface area contributed by atoms with Crippen molar-refractivity contribution in [3.8, 4) is 17.2 Å². The second kappa shape index (κ2) is 11.7. The van der Waals surface area contributed by atoms with Crippen molar-refractivity contribution >= 4 is 22.2 Å². The van der Waals surface area contributed by atoms with Crippen LogP contribution in [0.25, 0.3) is 0 Å². The predicted molar refractivity (Wildman–Crippen MR) is 135 cm³/mol. The summed E-state index contributed by atoms with van der Waals surface area (Å²) in [7, 11) is -1.24. The number of carbonyl (C=O) groups excluding carboxylic acids is 2. The predicted octanol–water partition coefficient (Wildman–Crippen LogP) is 3.15. The second-order valence-electron chi connectivity index (χ2n) is 9.44. The van der Waals surface area contributed by atoms with E-state index in [2.05, 4.69) is 10.0 Å². The Hall–Kier alpha value is -3.51. The summed E-state index contributed by atoms with van der Waals surface area (Å²) in [6.07, 6.45) is -1.08. The van der Waals surface area contributed by atoms with Crippen molar-refractivity contribution in [2.75, 3.05) is 27.3 Å². The zero-order chi connectivity index (χ0) is 27.2. The molecule has 0 saturated carbocycles. The Balaban J connectivity index is 1.75. The molecule has 0 aliphatic carbocycles. The molecule has 0 spiro atoms. The summed E-state index contributed by atoms with van der Waals surface area (Å²) in [5.41, 5.74) is -0.757. The van der Waals surface area contributed by atoms with Gasteiger partial charge in [-0.15, -0.1) is 0 Å². The Labute approximate surface area is 217 Å². The van der Waals surface area contributed by atoms with E-state index in [0.717, 1.165) is 0 Å². The monoisotopic (exact) mass is 535 g/mol. The number of sulfonamides is 1. The summed E-state index contributed by atoms with van der Waals surface area (Å²) < 4.78 is 50.3. The van der Waals surface area contributed by atoms with Gasteiger partial charge in [-0.1, -0.05) is 18.2 Å². The molecular formula is C25H33N3O8S. The fourth-order valence-corrected chi connectivity index (χ4v) is 5.27. The maximum Gasteiger partial charge on any atom is 0.412 e. The van der Waals surface area contributed by atoms with E-state index in [-0.39, 0.29) is 30.2 Å². The van der Waals surface area contributed by atoms with Crippen LogP contribution in [0.1, 0.15) is 27.2 Å². The van der Waals surface area contributed by atoms with Gasteiger partial charge in [-0.25, -0.2) is 22.7 Å². The van der Waals surface area contributed by atoms with E-state index in [4.69, 9.17) is 18.9 Å². The molecule has 1 fully saturated rings. The lowest BCUT2D eigenvalue weighted by atomic mass is 10.2. The van der Waals surface area contributed by atoms with Gasteiger partial charge in [-0.2, -0.15) is 0 Å². The smallest absolute Gasteiger partial charge is 0.412 e. The Kier molecular flexibility index (Phi) is 8.87.